The first-order valence-corrected chi connectivity index (χ1v) is 6.30. The predicted octanol–water partition coefficient (Wildman–Crippen LogP) is 3.30. The summed E-state index contributed by atoms with van der Waals surface area (Å²) in [5.74, 6) is 0.831. The highest BCUT2D eigenvalue weighted by Crippen LogP contribution is 2.51. The molecule has 0 N–H and O–H groups in total. The third-order valence-corrected chi connectivity index (χ3v) is 4.43. The van der Waals surface area contributed by atoms with Crippen molar-refractivity contribution in [3.05, 3.63) is 0 Å². The van der Waals surface area contributed by atoms with E-state index >= 15 is 0 Å². The van der Waals surface area contributed by atoms with Gasteiger partial charge in [0.15, 0.2) is 0 Å². The maximum atomic E-state index is 2.75. The molecule has 1 atom stereocenters. The average Bonchev–Trinajstić information content (AvgIpc) is 2.42. The highest BCUT2D eigenvalue weighted by molar-refractivity contribution is 5.01. The van der Waals surface area contributed by atoms with Crippen molar-refractivity contribution >= 4 is 0 Å². The topological polar surface area (TPSA) is 3.24 Å². The highest BCUT2D eigenvalue weighted by Gasteiger charge is 2.48. The van der Waals surface area contributed by atoms with Crippen molar-refractivity contribution in [3.63, 3.8) is 0 Å². The van der Waals surface area contributed by atoms with Crippen LogP contribution in [-0.4, -0.2) is 23.5 Å². The van der Waals surface area contributed by atoms with Crippen molar-refractivity contribution in [2.24, 2.45) is 11.3 Å². The number of hydrogen-bond acceptors (Lipinski definition) is 1. The third kappa shape index (κ3) is 1.60. The summed E-state index contributed by atoms with van der Waals surface area (Å²) >= 11 is 0. The van der Waals surface area contributed by atoms with Crippen LogP contribution in [0.4, 0.5) is 0 Å². The second-order valence-electron chi connectivity index (χ2n) is 6.14. The fourth-order valence-corrected chi connectivity index (χ4v) is 3.35. The van der Waals surface area contributed by atoms with E-state index in [0.29, 0.717) is 0 Å². The lowest BCUT2D eigenvalue weighted by Gasteiger charge is -2.38. The van der Waals surface area contributed by atoms with Crippen molar-refractivity contribution in [2.45, 2.75) is 65.5 Å². The molecule has 2 rings (SSSR count). The van der Waals surface area contributed by atoms with Gasteiger partial charge in [0.2, 0.25) is 0 Å². The Morgan fingerprint density at radius 2 is 1.79 bits per heavy atom. The second-order valence-corrected chi connectivity index (χ2v) is 6.14. The van der Waals surface area contributed by atoms with Crippen LogP contribution in [0.2, 0.25) is 0 Å². The smallest absolute Gasteiger partial charge is 0.0127 e. The molecule has 0 unspecified atom stereocenters. The van der Waals surface area contributed by atoms with Gasteiger partial charge < -0.3 is 0 Å². The van der Waals surface area contributed by atoms with E-state index in [1.54, 1.807) is 0 Å². The molecule has 0 amide bonds. The number of likely N-dealkylation sites (tertiary alicyclic amines) is 1. The van der Waals surface area contributed by atoms with E-state index in [1.807, 2.05) is 0 Å². The van der Waals surface area contributed by atoms with Crippen molar-refractivity contribution in [3.8, 4) is 0 Å². The summed E-state index contributed by atoms with van der Waals surface area (Å²) in [6, 6.07) is 1.60. The second kappa shape index (κ2) is 3.52. The molecular weight excluding hydrogens is 170 g/mol. The van der Waals surface area contributed by atoms with E-state index in [0.717, 1.165) is 23.4 Å². The fraction of sp³-hybridized carbons (Fsp3) is 1.00. The molecule has 2 aliphatic rings. The summed E-state index contributed by atoms with van der Waals surface area (Å²) in [7, 11) is 0. The fourth-order valence-electron chi connectivity index (χ4n) is 3.35. The lowest BCUT2D eigenvalue weighted by atomic mass is 9.67. The summed E-state index contributed by atoms with van der Waals surface area (Å²) in [5.41, 5.74) is 0.749. The first-order valence-electron chi connectivity index (χ1n) is 6.30. The zero-order chi connectivity index (χ0) is 10.3. The summed E-state index contributed by atoms with van der Waals surface area (Å²) < 4.78 is 0. The molecule has 82 valence electrons. The molecule has 1 heterocycles. The lowest BCUT2D eigenvalue weighted by molar-refractivity contribution is 0.124. The molecule has 1 nitrogen and oxygen atoms in total. The first-order chi connectivity index (χ1) is 6.54. The van der Waals surface area contributed by atoms with Crippen molar-refractivity contribution in [1.82, 2.24) is 4.90 Å². The van der Waals surface area contributed by atoms with Crippen LogP contribution in [-0.2, 0) is 0 Å². The van der Waals surface area contributed by atoms with Gasteiger partial charge in [-0.05, 0) is 44.4 Å². The maximum absolute atomic E-state index is 2.75. The predicted molar refractivity (Wildman–Crippen MR) is 61.4 cm³/mol. The van der Waals surface area contributed by atoms with Gasteiger partial charge >= 0.3 is 0 Å². The largest absolute Gasteiger partial charge is 0.297 e. The van der Waals surface area contributed by atoms with Crippen LogP contribution < -0.4 is 0 Å². The van der Waals surface area contributed by atoms with E-state index in [2.05, 4.69) is 32.6 Å². The molecule has 14 heavy (non-hydrogen) atoms. The van der Waals surface area contributed by atoms with E-state index in [1.165, 1.54) is 32.2 Å². The summed E-state index contributed by atoms with van der Waals surface area (Å²) in [6.45, 7) is 10.9. The Hall–Kier alpha value is -0.0400. The maximum Gasteiger partial charge on any atom is 0.0127 e. The van der Waals surface area contributed by atoms with Crippen LogP contribution in [0.1, 0.15) is 53.4 Å². The molecular formula is C13H25N. The monoisotopic (exact) mass is 195 g/mol. The van der Waals surface area contributed by atoms with Crippen molar-refractivity contribution < 1.29 is 0 Å². The van der Waals surface area contributed by atoms with Gasteiger partial charge in [0.1, 0.15) is 0 Å². The average molecular weight is 195 g/mol. The Bertz CT molecular complexity index is 185. The molecule has 0 aromatic heterocycles. The zero-order valence-corrected chi connectivity index (χ0v) is 10.2. The minimum atomic E-state index is 0.738. The van der Waals surface area contributed by atoms with Crippen LogP contribution in [0.25, 0.3) is 0 Å². The molecule has 1 spiro atoms. The molecule has 0 aromatic rings. The Balaban J connectivity index is 2.07. The van der Waals surface area contributed by atoms with Gasteiger partial charge in [0.05, 0.1) is 0 Å². The normalized spacial score (nSPS) is 31.7. The minimum Gasteiger partial charge on any atom is -0.297 e. The molecule has 1 aliphatic heterocycles. The third-order valence-electron chi connectivity index (χ3n) is 4.43. The summed E-state index contributed by atoms with van der Waals surface area (Å²) in [4.78, 5) is 2.75. The highest BCUT2D eigenvalue weighted by atomic mass is 15.2. The Kier molecular flexibility index (Phi) is 2.63. The van der Waals surface area contributed by atoms with Crippen LogP contribution >= 0.6 is 0 Å². The van der Waals surface area contributed by atoms with Crippen LogP contribution in [0.3, 0.4) is 0 Å². The van der Waals surface area contributed by atoms with Crippen molar-refractivity contribution in [2.75, 3.05) is 6.54 Å². The van der Waals surface area contributed by atoms with E-state index in [4.69, 9.17) is 0 Å². The number of nitrogens with zero attached hydrogens (tertiary/aromatic N) is 1. The minimum absolute atomic E-state index is 0.738. The number of rotatable bonds is 2. The Morgan fingerprint density at radius 1 is 1.14 bits per heavy atom. The van der Waals surface area contributed by atoms with Crippen LogP contribution in [0.5, 0.6) is 0 Å². The summed E-state index contributed by atoms with van der Waals surface area (Å²) in [6.07, 6.45) is 5.96. The molecule has 1 heteroatoms. The van der Waals surface area contributed by atoms with Crippen LogP contribution in [0.15, 0.2) is 0 Å². The number of hydrogen-bond donors (Lipinski definition) is 0. The molecule has 2 fully saturated rings. The van der Waals surface area contributed by atoms with Gasteiger partial charge in [0.25, 0.3) is 0 Å². The van der Waals surface area contributed by atoms with Gasteiger partial charge in [-0.15, -0.1) is 0 Å². The van der Waals surface area contributed by atoms with E-state index in [9.17, 15) is 0 Å². The SMILES string of the molecule is CC(C)[C@@H]1CC2(CCC2)CN1C(C)C. The Labute approximate surface area is 88.9 Å². The molecule has 0 radical (unpaired) electrons. The van der Waals surface area contributed by atoms with Gasteiger partial charge in [-0.1, -0.05) is 20.3 Å². The molecule has 1 saturated heterocycles. The summed E-state index contributed by atoms with van der Waals surface area (Å²) in [5, 5.41) is 0. The van der Waals surface area contributed by atoms with Crippen LogP contribution in [0, 0.1) is 11.3 Å². The molecule has 1 aliphatic carbocycles. The Morgan fingerprint density at radius 3 is 2.07 bits per heavy atom. The lowest BCUT2D eigenvalue weighted by Crippen LogP contribution is -2.39. The molecule has 0 bridgehead atoms. The quantitative estimate of drug-likeness (QED) is 0.653. The van der Waals surface area contributed by atoms with E-state index < -0.39 is 0 Å². The van der Waals surface area contributed by atoms with Gasteiger partial charge in [0, 0.05) is 18.6 Å². The standard InChI is InChI=1S/C13H25N/c1-10(2)12-8-13(6-5-7-13)9-14(12)11(3)4/h10-12H,5-9H2,1-4H3/t12-/m0/s1. The van der Waals surface area contributed by atoms with Crippen molar-refractivity contribution in [1.29, 1.82) is 0 Å². The molecule has 0 aromatic carbocycles. The van der Waals surface area contributed by atoms with Gasteiger partial charge in [-0.3, -0.25) is 4.90 Å². The zero-order valence-electron chi connectivity index (χ0n) is 10.2. The molecule has 1 saturated carbocycles. The van der Waals surface area contributed by atoms with E-state index in [-0.39, 0.29) is 0 Å². The van der Waals surface area contributed by atoms with Gasteiger partial charge in [-0.2, -0.15) is 0 Å². The first kappa shape index (κ1) is 10.5. The van der Waals surface area contributed by atoms with Gasteiger partial charge in [-0.25, -0.2) is 0 Å².